The number of amides is 1. The lowest BCUT2D eigenvalue weighted by Crippen LogP contribution is -2.30. The number of hydrogen-bond acceptors (Lipinski definition) is 5. The smallest absolute Gasteiger partial charge is 0.279 e. The molecule has 0 atom stereocenters. The van der Waals surface area contributed by atoms with Crippen molar-refractivity contribution in [3.05, 3.63) is 39.2 Å². The van der Waals surface area contributed by atoms with Crippen LogP contribution < -0.4 is 17.0 Å². The summed E-state index contributed by atoms with van der Waals surface area (Å²) < 4.78 is 2.15. The van der Waals surface area contributed by atoms with Gasteiger partial charge in [-0.05, 0) is 24.4 Å². The average molecular weight is 266 g/mol. The van der Waals surface area contributed by atoms with Crippen LogP contribution in [0.3, 0.4) is 0 Å². The number of hydrogen-bond donors (Lipinski definition) is 3. The number of nitrogens with two attached hydrogens (primary N) is 2. The largest absolute Gasteiger partial charge is 0.383 e. The van der Waals surface area contributed by atoms with Gasteiger partial charge in [-0.1, -0.05) is 29.5 Å². The molecule has 0 saturated heterocycles. The van der Waals surface area contributed by atoms with Crippen LogP contribution in [-0.2, 0) is 0 Å². The second kappa shape index (κ2) is 4.66. The minimum Gasteiger partial charge on any atom is -0.383 e. The molecule has 1 amide bonds. The Morgan fingerprint density at radius 2 is 2.00 bits per heavy atom. The number of nitrogens with one attached hydrogen (secondary N) is 1. The van der Waals surface area contributed by atoms with Crippen molar-refractivity contribution in [1.82, 2.24) is 9.99 Å². The minimum absolute atomic E-state index is 0.300. The second-order valence-corrected chi connectivity index (χ2v) is 4.87. The standard InChI is InChI=1S/C10H10N4OS2/c11-8-7(9(15)13-12)17-10(16)14(8)6-4-2-1-3-5-6/h1-5H,11-12H2,(H,13,15). The van der Waals surface area contributed by atoms with Crippen LogP contribution in [0.5, 0.6) is 0 Å². The lowest BCUT2D eigenvalue weighted by atomic mass is 10.3. The highest BCUT2D eigenvalue weighted by molar-refractivity contribution is 7.73. The maximum atomic E-state index is 11.5. The van der Waals surface area contributed by atoms with E-state index in [-0.39, 0.29) is 0 Å². The van der Waals surface area contributed by atoms with Gasteiger partial charge in [0.15, 0.2) is 3.95 Å². The maximum Gasteiger partial charge on any atom is 0.279 e. The quantitative estimate of drug-likeness (QED) is 0.332. The molecule has 2 rings (SSSR count). The predicted molar refractivity (Wildman–Crippen MR) is 70.5 cm³/mol. The van der Waals surface area contributed by atoms with Crippen molar-refractivity contribution in [3.63, 3.8) is 0 Å². The highest BCUT2D eigenvalue weighted by Crippen LogP contribution is 2.25. The molecule has 0 bridgehead atoms. The van der Waals surface area contributed by atoms with Crippen LogP contribution in [0.15, 0.2) is 30.3 Å². The molecule has 0 aliphatic heterocycles. The highest BCUT2D eigenvalue weighted by atomic mass is 32.1. The molecule has 0 saturated carbocycles. The van der Waals surface area contributed by atoms with Crippen LogP contribution in [0, 0.1) is 3.95 Å². The summed E-state index contributed by atoms with van der Waals surface area (Å²) in [5.41, 5.74) is 8.77. The van der Waals surface area contributed by atoms with Gasteiger partial charge in [-0.3, -0.25) is 14.8 Å². The van der Waals surface area contributed by atoms with Gasteiger partial charge in [-0.2, -0.15) is 0 Å². The van der Waals surface area contributed by atoms with E-state index in [4.69, 9.17) is 23.8 Å². The summed E-state index contributed by atoms with van der Waals surface area (Å²) in [7, 11) is 0. The molecule has 7 heteroatoms. The van der Waals surface area contributed by atoms with E-state index in [1.807, 2.05) is 35.8 Å². The molecular weight excluding hydrogens is 256 g/mol. The van der Waals surface area contributed by atoms with Crippen LogP contribution in [0.2, 0.25) is 0 Å². The molecule has 0 aliphatic carbocycles. The monoisotopic (exact) mass is 266 g/mol. The Morgan fingerprint density at radius 3 is 2.59 bits per heavy atom. The number of thiazole rings is 1. The number of rotatable bonds is 2. The fourth-order valence-electron chi connectivity index (χ4n) is 1.43. The van der Waals surface area contributed by atoms with E-state index < -0.39 is 5.91 Å². The first-order valence-corrected chi connectivity index (χ1v) is 5.95. The molecule has 0 spiro atoms. The van der Waals surface area contributed by atoms with Crippen molar-refractivity contribution in [2.75, 3.05) is 5.73 Å². The topological polar surface area (TPSA) is 86.1 Å². The van der Waals surface area contributed by atoms with Crippen molar-refractivity contribution >= 4 is 35.3 Å². The normalized spacial score (nSPS) is 10.2. The lowest BCUT2D eigenvalue weighted by Gasteiger charge is -2.05. The first-order chi connectivity index (χ1) is 8.15. The molecule has 5 N–H and O–H groups in total. The van der Waals surface area contributed by atoms with Crippen molar-refractivity contribution in [2.24, 2.45) is 5.84 Å². The Bertz CT molecular complexity index is 603. The zero-order valence-electron chi connectivity index (χ0n) is 8.71. The van der Waals surface area contributed by atoms with Gasteiger partial charge >= 0.3 is 0 Å². The van der Waals surface area contributed by atoms with Gasteiger partial charge in [0, 0.05) is 5.69 Å². The third-order valence-corrected chi connectivity index (χ3v) is 3.59. The van der Waals surface area contributed by atoms with Gasteiger partial charge in [0.25, 0.3) is 5.91 Å². The second-order valence-electron chi connectivity index (χ2n) is 3.23. The summed E-state index contributed by atoms with van der Waals surface area (Å²) >= 11 is 6.32. The molecule has 0 radical (unpaired) electrons. The summed E-state index contributed by atoms with van der Waals surface area (Å²) in [5, 5.41) is 0. The van der Waals surface area contributed by atoms with Crippen LogP contribution in [0.4, 0.5) is 5.82 Å². The maximum absolute atomic E-state index is 11.5. The van der Waals surface area contributed by atoms with E-state index >= 15 is 0 Å². The fourth-order valence-corrected chi connectivity index (χ4v) is 2.71. The molecule has 0 unspecified atom stereocenters. The van der Waals surface area contributed by atoms with E-state index in [9.17, 15) is 4.79 Å². The van der Waals surface area contributed by atoms with Crippen LogP contribution in [0.25, 0.3) is 5.69 Å². The molecule has 1 aromatic carbocycles. The van der Waals surface area contributed by atoms with E-state index in [1.165, 1.54) is 0 Å². The Morgan fingerprint density at radius 1 is 1.35 bits per heavy atom. The third-order valence-electron chi connectivity index (χ3n) is 2.20. The Kier molecular flexibility index (Phi) is 3.23. The average Bonchev–Trinajstić information content (AvgIpc) is 2.65. The molecule has 5 nitrogen and oxygen atoms in total. The Hall–Kier alpha value is -1.70. The third kappa shape index (κ3) is 2.07. The number of nitrogens with zero attached hydrogens (tertiary/aromatic N) is 1. The molecule has 0 fully saturated rings. The van der Waals surface area contributed by atoms with Crippen molar-refractivity contribution in [2.45, 2.75) is 0 Å². The molecule has 1 aromatic heterocycles. The number of aromatic nitrogens is 1. The number of anilines is 1. The molecule has 0 aliphatic rings. The lowest BCUT2D eigenvalue weighted by molar-refractivity contribution is 0.0958. The van der Waals surface area contributed by atoms with Gasteiger partial charge in [-0.15, -0.1) is 0 Å². The van der Waals surface area contributed by atoms with Crippen LogP contribution in [-0.4, -0.2) is 10.5 Å². The molecule has 1 heterocycles. The van der Waals surface area contributed by atoms with Crippen LogP contribution >= 0.6 is 23.6 Å². The predicted octanol–water partition coefficient (Wildman–Crippen LogP) is 1.45. The number of nitrogen functional groups attached to an aromatic ring is 2. The van der Waals surface area contributed by atoms with E-state index in [2.05, 4.69) is 0 Å². The SMILES string of the molecule is NNC(=O)c1sc(=S)n(-c2ccccc2)c1N. The van der Waals surface area contributed by atoms with E-state index in [0.717, 1.165) is 17.0 Å². The van der Waals surface area contributed by atoms with Gasteiger partial charge in [0.1, 0.15) is 10.7 Å². The number of benzene rings is 1. The Labute approximate surface area is 107 Å². The number of carbonyl (C=O) groups excluding carboxylic acids is 1. The summed E-state index contributed by atoms with van der Waals surface area (Å²) in [6.45, 7) is 0. The van der Waals surface area contributed by atoms with Crippen molar-refractivity contribution in [1.29, 1.82) is 0 Å². The van der Waals surface area contributed by atoms with Crippen LogP contribution in [0.1, 0.15) is 9.67 Å². The molecular formula is C10H10N4OS2. The van der Waals surface area contributed by atoms with Gasteiger partial charge in [0.2, 0.25) is 0 Å². The zero-order valence-corrected chi connectivity index (χ0v) is 10.3. The first-order valence-electron chi connectivity index (χ1n) is 4.73. The number of para-hydroxylation sites is 1. The highest BCUT2D eigenvalue weighted by Gasteiger charge is 2.16. The van der Waals surface area contributed by atoms with E-state index in [1.54, 1.807) is 4.57 Å². The summed E-state index contributed by atoms with van der Waals surface area (Å²) in [4.78, 5) is 11.8. The first kappa shape index (κ1) is 11.8. The van der Waals surface area contributed by atoms with Crippen molar-refractivity contribution in [3.8, 4) is 5.69 Å². The summed E-state index contributed by atoms with van der Waals surface area (Å²) in [5.74, 6) is 4.94. The molecule has 88 valence electrons. The Balaban J connectivity index is 2.61. The molecule has 17 heavy (non-hydrogen) atoms. The van der Waals surface area contributed by atoms with E-state index in [0.29, 0.717) is 14.6 Å². The van der Waals surface area contributed by atoms with Gasteiger partial charge < -0.3 is 5.73 Å². The number of carbonyl (C=O) groups is 1. The number of hydrazine groups is 1. The summed E-state index contributed by atoms with van der Waals surface area (Å²) in [6, 6.07) is 9.36. The molecule has 2 aromatic rings. The van der Waals surface area contributed by atoms with Gasteiger partial charge in [-0.25, -0.2) is 5.84 Å². The van der Waals surface area contributed by atoms with Crippen molar-refractivity contribution < 1.29 is 4.79 Å². The minimum atomic E-state index is -0.437. The fraction of sp³-hybridized carbons (Fsp3) is 0. The summed E-state index contributed by atoms with van der Waals surface area (Å²) in [6.07, 6.45) is 0. The van der Waals surface area contributed by atoms with Gasteiger partial charge in [0.05, 0.1) is 0 Å². The zero-order chi connectivity index (χ0) is 12.4.